The monoisotopic (exact) mass is 203 g/mol. The van der Waals surface area contributed by atoms with Gasteiger partial charge in [0.1, 0.15) is 12.3 Å². The summed E-state index contributed by atoms with van der Waals surface area (Å²) in [5.41, 5.74) is 5.84. The number of aliphatic hydroxyl groups excluding tert-OH is 2. The van der Waals surface area contributed by atoms with Crippen molar-refractivity contribution in [3.05, 3.63) is 0 Å². The molecule has 0 aromatic heterocycles. The Morgan fingerprint density at radius 1 is 1.29 bits per heavy atom. The van der Waals surface area contributed by atoms with Crippen LogP contribution in [0.4, 0.5) is 0 Å². The highest BCUT2D eigenvalue weighted by atomic mass is 16.5. The van der Waals surface area contributed by atoms with Crippen molar-refractivity contribution in [2.45, 2.75) is 44.4 Å². The van der Waals surface area contributed by atoms with Crippen LogP contribution < -0.4 is 5.73 Å². The van der Waals surface area contributed by atoms with Crippen molar-refractivity contribution in [1.29, 1.82) is 0 Å². The molecule has 0 spiro atoms. The average Bonchev–Trinajstić information content (AvgIpc) is 2.26. The number of rotatable bonds is 5. The summed E-state index contributed by atoms with van der Waals surface area (Å²) in [5.74, 6) is 0.426. The first-order chi connectivity index (χ1) is 6.74. The zero-order valence-corrected chi connectivity index (χ0v) is 8.56. The number of ether oxygens (including phenoxy) is 1. The molecule has 1 saturated carbocycles. The molecule has 1 aliphatic carbocycles. The fraction of sp³-hybridized carbons (Fsp3) is 1.00. The number of hydrogen-bond acceptors (Lipinski definition) is 4. The van der Waals surface area contributed by atoms with Crippen molar-refractivity contribution in [2.75, 3.05) is 13.2 Å². The van der Waals surface area contributed by atoms with Crippen molar-refractivity contribution < 1.29 is 14.9 Å². The van der Waals surface area contributed by atoms with E-state index in [0.29, 0.717) is 5.92 Å². The van der Waals surface area contributed by atoms with Crippen molar-refractivity contribution in [1.82, 2.24) is 0 Å². The smallest absolute Gasteiger partial charge is 0.108 e. The SMILES string of the molecule is NC(OCC(O)CO)C1CCCCC1. The highest BCUT2D eigenvalue weighted by Gasteiger charge is 2.21. The molecule has 4 heteroatoms. The second-order valence-electron chi connectivity index (χ2n) is 4.03. The summed E-state index contributed by atoms with van der Waals surface area (Å²) in [6.45, 7) is -0.133. The lowest BCUT2D eigenvalue weighted by atomic mass is 9.88. The summed E-state index contributed by atoms with van der Waals surface area (Å²) in [6, 6.07) is 0. The fourth-order valence-electron chi connectivity index (χ4n) is 1.87. The van der Waals surface area contributed by atoms with Crippen molar-refractivity contribution in [3.8, 4) is 0 Å². The van der Waals surface area contributed by atoms with Gasteiger partial charge in [-0.25, -0.2) is 0 Å². The molecule has 14 heavy (non-hydrogen) atoms. The van der Waals surface area contributed by atoms with Crippen LogP contribution in [0.15, 0.2) is 0 Å². The standard InChI is InChI=1S/C10H21NO3/c11-10(14-7-9(13)6-12)8-4-2-1-3-5-8/h8-10,12-13H,1-7,11H2. The van der Waals surface area contributed by atoms with Gasteiger partial charge < -0.3 is 20.7 Å². The molecule has 0 saturated heterocycles. The van der Waals surface area contributed by atoms with Gasteiger partial charge in [-0.05, 0) is 18.8 Å². The van der Waals surface area contributed by atoms with Gasteiger partial charge in [-0.15, -0.1) is 0 Å². The van der Waals surface area contributed by atoms with Crippen LogP contribution in [0.3, 0.4) is 0 Å². The molecule has 0 heterocycles. The summed E-state index contributed by atoms with van der Waals surface area (Å²) in [6.07, 6.45) is 4.91. The second-order valence-corrected chi connectivity index (χ2v) is 4.03. The molecule has 0 aromatic carbocycles. The van der Waals surface area contributed by atoms with E-state index < -0.39 is 6.10 Å². The summed E-state index contributed by atoms with van der Waals surface area (Å²) in [7, 11) is 0. The minimum absolute atomic E-state index is 0.133. The van der Waals surface area contributed by atoms with Gasteiger partial charge in [-0.2, -0.15) is 0 Å². The topological polar surface area (TPSA) is 75.7 Å². The molecule has 4 N–H and O–H groups in total. The lowest BCUT2D eigenvalue weighted by Gasteiger charge is -2.27. The van der Waals surface area contributed by atoms with E-state index >= 15 is 0 Å². The molecule has 0 aromatic rings. The van der Waals surface area contributed by atoms with E-state index in [9.17, 15) is 0 Å². The predicted octanol–water partition coefficient (Wildman–Crippen LogP) is 0.221. The Balaban J connectivity index is 2.16. The summed E-state index contributed by atoms with van der Waals surface area (Å²) < 4.78 is 5.30. The zero-order chi connectivity index (χ0) is 10.4. The Morgan fingerprint density at radius 2 is 1.93 bits per heavy atom. The molecule has 0 aliphatic heterocycles. The highest BCUT2D eigenvalue weighted by molar-refractivity contribution is 4.70. The normalized spacial score (nSPS) is 23.4. The molecular formula is C10H21NO3. The van der Waals surface area contributed by atoms with E-state index in [1.54, 1.807) is 0 Å². The van der Waals surface area contributed by atoms with Gasteiger partial charge in [0.05, 0.1) is 13.2 Å². The van der Waals surface area contributed by atoms with Crippen LogP contribution in [0.25, 0.3) is 0 Å². The largest absolute Gasteiger partial charge is 0.394 e. The van der Waals surface area contributed by atoms with Crippen LogP contribution >= 0.6 is 0 Å². The molecule has 2 unspecified atom stereocenters. The second kappa shape index (κ2) is 6.35. The van der Waals surface area contributed by atoms with Gasteiger partial charge in [0.25, 0.3) is 0 Å². The molecule has 4 nitrogen and oxygen atoms in total. The Labute approximate surface area is 85.1 Å². The maximum atomic E-state index is 9.07. The van der Waals surface area contributed by atoms with Gasteiger partial charge in [-0.1, -0.05) is 19.3 Å². The van der Waals surface area contributed by atoms with Crippen LogP contribution in [0.2, 0.25) is 0 Å². The van der Waals surface area contributed by atoms with Crippen LogP contribution in [0.5, 0.6) is 0 Å². The Morgan fingerprint density at radius 3 is 2.50 bits per heavy atom. The van der Waals surface area contributed by atoms with Crippen LogP contribution in [-0.4, -0.2) is 35.8 Å². The summed E-state index contributed by atoms with van der Waals surface area (Å²) >= 11 is 0. The van der Waals surface area contributed by atoms with E-state index in [-0.39, 0.29) is 19.4 Å². The molecule has 0 bridgehead atoms. The van der Waals surface area contributed by atoms with Crippen molar-refractivity contribution in [3.63, 3.8) is 0 Å². The van der Waals surface area contributed by atoms with Gasteiger partial charge in [0.15, 0.2) is 0 Å². The molecule has 84 valence electrons. The van der Waals surface area contributed by atoms with Crippen molar-refractivity contribution in [2.24, 2.45) is 11.7 Å². The number of hydrogen-bond donors (Lipinski definition) is 3. The summed E-state index contributed by atoms with van der Waals surface area (Å²) in [5, 5.41) is 17.7. The quantitative estimate of drug-likeness (QED) is 0.559. The van der Waals surface area contributed by atoms with E-state index in [0.717, 1.165) is 12.8 Å². The molecule has 1 fully saturated rings. The minimum atomic E-state index is -0.801. The van der Waals surface area contributed by atoms with E-state index in [4.69, 9.17) is 20.7 Å². The predicted molar refractivity (Wildman–Crippen MR) is 53.6 cm³/mol. The summed E-state index contributed by atoms with van der Waals surface area (Å²) in [4.78, 5) is 0. The maximum absolute atomic E-state index is 9.07. The van der Waals surface area contributed by atoms with Crippen molar-refractivity contribution >= 4 is 0 Å². The number of nitrogens with two attached hydrogens (primary N) is 1. The fourth-order valence-corrected chi connectivity index (χ4v) is 1.87. The van der Waals surface area contributed by atoms with E-state index in [1.807, 2.05) is 0 Å². The van der Waals surface area contributed by atoms with Crippen LogP contribution in [0.1, 0.15) is 32.1 Å². The molecule has 2 atom stereocenters. The Bertz CT molecular complexity index is 148. The average molecular weight is 203 g/mol. The first-order valence-corrected chi connectivity index (χ1v) is 5.40. The third-order valence-corrected chi connectivity index (χ3v) is 2.81. The maximum Gasteiger partial charge on any atom is 0.108 e. The lowest BCUT2D eigenvalue weighted by Crippen LogP contribution is -2.37. The first kappa shape index (κ1) is 11.9. The van der Waals surface area contributed by atoms with Gasteiger partial charge >= 0.3 is 0 Å². The molecule has 0 amide bonds. The van der Waals surface area contributed by atoms with Gasteiger partial charge in [-0.3, -0.25) is 0 Å². The zero-order valence-electron chi connectivity index (χ0n) is 8.56. The van der Waals surface area contributed by atoms with Crippen LogP contribution in [-0.2, 0) is 4.74 Å². The third-order valence-electron chi connectivity index (χ3n) is 2.81. The highest BCUT2D eigenvalue weighted by Crippen LogP contribution is 2.25. The third kappa shape index (κ3) is 3.92. The Hall–Kier alpha value is -0.160. The van der Waals surface area contributed by atoms with Crippen LogP contribution in [0, 0.1) is 5.92 Å². The molecular weight excluding hydrogens is 182 g/mol. The number of aliphatic hydroxyl groups is 2. The minimum Gasteiger partial charge on any atom is -0.394 e. The van der Waals surface area contributed by atoms with E-state index in [2.05, 4.69) is 0 Å². The Kier molecular flexibility index (Phi) is 5.40. The lowest BCUT2D eigenvalue weighted by molar-refractivity contribution is -0.0520. The van der Waals surface area contributed by atoms with Gasteiger partial charge in [0, 0.05) is 0 Å². The van der Waals surface area contributed by atoms with E-state index in [1.165, 1.54) is 19.3 Å². The molecule has 1 rings (SSSR count). The first-order valence-electron chi connectivity index (χ1n) is 5.40. The molecule has 1 aliphatic rings. The van der Waals surface area contributed by atoms with Gasteiger partial charge in [0.2, 0.25) is 0 Å². The molecule has 0 radical (unpaired) electrons.